The summed E-state index contributed by atoms with van der Waals surface area (Å²) in [6.07, 6.45) is 0. The molecule has 2 amide bonds. The summed E-state index contributed by atoms with van der Waals surface area (Å²) in [7, 11) is 3.07. The molecule has 5 heteroatoms. The van der Waals surface area contributed by atoms with Gasteiger partial charge in [0.15, 0.2) is 0 Å². The highest BCUT2D eigenvalue weighted by Gasteiger charge is 2.26. The Hall–Kier alpha value is -2.56. The predicted molar refractivity (Wildman–Crippen MR) is 68.8 cm³/mol. The molecule has 0 aromatic heterocycles. The Morgan fingerprint density at radius 3 is 2.37 bits per heavy atom. The fourth-order valence-corrected chi connectivity index (χ4v) is 2.33. The lowest BCUT2D eigenvalue weighted by molar-refractivity contribution is 0.0844. The smallest absolute Gasteiger partial charge is 0.258 e. The third-order valence-electron chi connectivity index (χ3n) is 3.22. The maximum atomic E-state index is 11.9. The van der Waals surface area contributed by atoms with Crippen molar-refractivity contribution in [2.45, 2.75) is 0 Å². The Morgan fingerprint density at radius 1 is 0.947 bits per heavy atom. The normalized spacial score (nSPS) is 13.4. The average molecular weight is 257 g/mol. The monoisotopic (exact) mass is 257 g/mol. The zero-order valence-electron chi connectivity index (χ0n) is 10.4. The highest BCUT2D eigenvalue weighted by molar-refractivity contribution is 6.26. The van der Waals surface area contributed by atoms with Crippen LogP contribution in [0, 0.1) is 0 Å². The second-order valence-corrected chi connectivity index (χ2v) is 4.20. The van der Waals surface area contributed by atoms with E-state index >= 15 is 0 Å². The van der Waals surface area contributed by atoms with Gasteiger partial charge in [0.25, 0.3) is 11.8 Å². The van der Waals surface area contributed by atoms with E-state index in [0.29, 0.717) is 33.4 Å². The number of hydrogen-bond donors (Lipinski definition) is 1. The number of hydrogen-bond acceptors (Lipinski definition) is 4. The van der Waals surface area contributed by atoms with Crippen LogP contribution in [0.25, 0.3) is 10.8 Å². The molecule has 1 aliphatic heterocycles. The molecule has 2 aromatic carbocycles. The van der Waals surface area contributed by atoms with Crippen LogP contribution in [0.2, 0.25) is 0 Å². The average Bonchev–Trinajstić information content (AvgIpc) is 2.43. The maximum absolute atomic E-state index is 11.9. The van der Waals surface area contributed by atoms with E-state index in [-0.39, 0.29) is 0 Å². The van der Waals surface area contributed by atoms with Gasteiger partial charge in [0.1, 0.15) is 11.5 Å². The summed E-state index contributed by atoms with van der Waals surface area (Å²) < 4.78 is 10.5. The fourth-order valence-electron chi connectivity index (χ4n) is 2.33. The number of carbonyl (C=O) groups excluding carboxylic acids is 2. The van der Waals surface area contributed by atoms with Crippen molar-refractivity contribution in [3.63, 3.8) is 0 Å². The van der Waals surface area contributed by atoms with Crippen LogP contribution < -0.4 is 14.8 Å². The Morgan fingerprint density at radius 2 is 1.68 bits per heavy atom. The van der Waals surface area contributed by atoms with Crippen LogP contribution in [0.5, 0.6) is 11.5 Å². The lowest BCUT2D eigenvalue weighted by atomic mass is 9.94. The molecule has 1 N–H and O–H groups in total. The molecular weight excluding hydrogens is 246 g/mol. The van der Waals surface area contributed by atoms with Gasteiger partial charge in [-0.3, -0.25) is 14.9 Å². The maximum Gasteiger partial charge on any atom is 0.258 e. The van der Waals surface area contributed by atoms with E-state index < -0.39 is 11.8 Å². The first kappa shape index (κ1) is 11.5. The van der Waals surface area contributed by atoms with Gasteiger partial charge in [-0.05, 0) is 24.3 Å². The van der Waals surface area contributed by atoms with Gasteiger partial charge < -0.3 is 9.47 Å². The third kappa shape index (κ3) is 1.55. The van der Waals surface area contributed by atoms with Crippen LogP contribution in [0.3, 0.4) is 0 Å². The molecule has 0 spiro atoms. The molecule has 19 heavy (non-hydrogen) atoms. The van der Waals surface area contributed by atoms with Crippen LogP contribution in [0.15, 0.2) is 24.3 Å². The highest BCUT2D eigenvalue weighted by atomic mass is 16.5. The van der Waals surface area contributed by atoms with Gasteiger partial charge in [-0.25, -0.2) is 0 Å². The predicted octanol–water partition coefficient (Wildman–Crippen LogP) is 1.74. The van der Waals surface area contributed by atoms with Crippen molar-refractivity contribution in [2.24, 2.45) is 0 Å². The first-order chi connectivity index (χ1) is 9.15. The largest absolute Gasteiger partial charge is 0.497 e. The molecule has 2 aromatic rings. The van der Waals surface area contributed by atoms with E-state index in [9.17, 15) is 9.59 Å². The van der Waals surface area contributed by atoms with Gasteiger partial charge in [-0.2, -0.15) is 0 Å². The van der Waals surface area contributed by atoms with Crippen LogP contribution >= 0.6 is 0 Å². The summed E-state index contributed by atoms with van der Waals surface area (Å²) in [4.78, 5) is 23.8. The van der Waals surface area contributed by atoms with Gasteiger partial charge in [-0.1, -0.05) is 0 Å². The SMILES string of the molecule is COc1cc2c3c(ccc(OC)c3c1)C(=O)NC2=O. The number of amides is 2. The van der Waals surface area contributed by atoms with Gasteiger partial charge in [0, 0.05) is 16.3 Å². The van der Waals surface area contributed by atoms with Crippen LogP contribution in [-0.4, -0.2) is 26.0 Å². The standard InChI is InChI=1S/C14H11NO4/c1-18-7-5-9-11(19-2)4-3-8-12(9)10(6-7)14(17)15-13(8)16/h3-6H,1-2H3,(H,15,16,17). The quantitative estimate of drug-likeness (QED) is 0.832. The van der Waals surface area contributed by atoms with Crippen LogP contribution in [0.4, 0.5) is 0 Å². The van der Waals surface area contributed by atoms with Gasteiger partial charge in [0.05, 0.1) is 19.8 Å². The topological polar surface area (TPSA) is 64.6 Å². The van der Waals surface area contributed by atoms with Crippen molar-refractivity contribution >= 4 is 22.6 Å². The Kier molecular flexibility index (Phi) is 2.41. The molecule has 0 radical (unpaired) electrons. The molecule has 3 rings (SSSR count). The number of nitrogens with one attached hydrogen (secondary N) is 1. The summed E-state index contributed by atoms with van der Waals surface area (Å²) in [6, 6.07) is 6.73. The van der Waals surface area contributed by atoms with Crippen LogP contribution in [0.1, 0.15) is 20.7 Å². The molecule has 0 atom stereocenters. The second kappa shape index (κ2) is 3.98. The summed E-state index contributed by atoms with van der Waals surface area (Å²) >= 11 is 0. The first-order valence-electron chi connectivity index (χ1n) is 5.70. The number of ether oxygens (including phenoxy) is 2. The summed E-state index contributed by atoms with van der Waals surface area (Å²) in [5.74, 6) is 0.328. The molecule has 0 aliphatic carbocycles. The van der Waals surface area contributed by atoms with E-state index in [0.717, 1.165) is 0 Å². The fraction of sp³-hybridized carbons (Fsp3) is 0.143. The third-order valence-corrected chi connectivity index (χ3v) is 3.22. The molecule has 96 valence electrons. The van der Waals surface area contributed by atoms with Crippen molar-refractivity contribution in [1.29, 1.82) is 0 Å². The molecule has 1 aliphatic rings. The zero-order valence-corrected chi connectivity index (χ0v) is 10.4. The van der Waals surface area contributed by atoms with E-state index in [1.54, 1.807) is 31.4 Å². The van der Waals surface area contributed by atoms with Crippen molar-refractivity contribution in [2.75, 3.05) is 14.2 Å². The number of carbonyl (C=O) groups is 2. The minimum atomic E-state index is -0.422. The molecule has 1 heterocycles. The van der Waals surface area contributed by atoms with Gasteiger partial charge >= 0.3 is 0 Å². The summed E-state index contributed by atoms with van der Waals surface area (Å²) in [5.41, 5.74) is 0.885. The minimum Gasteiger partial charge on any atom is -0.497 e. The second-order valence-electron chi connectivity index (χ2n) is 4.20. The van der Waals surface area contributed by atoms with E-state index in [1.807, 2.05) is 0 Å². The first-order valence-corrected chi connectivity index (χ1v) is 5.70. The molecule has 0 unspecified atom stereocenters. The van der Waals surface area contributed by atoms with E-state index in [2.05, 4.69) is 5.32 Å². The van der Waals surface area contributed by atoms with Gasteiger partial charge in [-0.15, -0.1) is 0 Å². The molecule has 0 saturated carbocycles. The molecular formula is C14H11NO4. The molecule has 0 fully saturated rings. The van der Waals surface area contributed by atoms with E-state index in [1.165, 1.54) is 7.11 Å². The number of imide groups is 1. The zero-order chi connectivity index (χ0) is 13.6. The molecule has 0 saturated heterocycles. The Bertz CT molecular complexity index is 721. The highest BCUT2D eigenvalue weighted by Crippen LogP contribution is 2.36. The van der Waals surface area contributed by atoms with Crippen molar-refractivity contribution in [1.82, 2.24) is 5.32 Å². The lowest BCUT2D eigenvalue weighted by Gasteiger charge is -2.19. The Labute approximate surface area is 109 Å². The summed E-state index contributed by atoms with van der Waals surface area (Å²) in [5, 5.41) is 3.61. The molecule has 0 bridgehead atoms. The van der Waals surface area contributed by atoms with Crippen LogP contribution in [-0.2, 0) is 0 Å². The van der Waals surface area contributed by atoms with Crippen molar-refractivity contribution < 1.29 is 19.1 Å². The van der Waals surface area contributed by atoms with Gasteiger partial charge in [0.2, 0.25) is 0 Å². The summed E-state index contributed by atoms with van der Waals surface area (Å²) in [6.45, 7) is 0. The molecule has 5 nitrogen and oxygen atoms in total. The van der Waals surface area contributed by atoms with Crippen molar-refractivity contribution in [3.05, 3.63) is 35.4 Å². The number of benzene rings is 2. The van der Waals surface area contributed by atoms with E-state index in [4.69, 9.17) is 9.47 Å². The minimum absolute atomic E-state index is 0.393. The van der Waals surface area contributed by atoms with Crippen molar-refractivity contribution in [3.8, 4) is 11.5 Å². The number of rotatable bonds is 2. The lowest BCUT2D eigenvalue weighted by Crippen LogP contribution is -2.34. The Balaban J connectivity index is 2.49. The number of methoxy groups -OCH3 is 2.